The van der Waals surface area contributed by atoms with Crippen molar-refractivity contribution >= 4 is 35.9 Å². The summed E-state index contributed by atoms with van der Waals surface area (Å²) in [5.41, 5.74) is 0.877. The molecule has 0 unspecified atom stereocenters. The van der Waals surface area contributed by atoms with Crippen LogP contribution in [0.1, 0.15) is 37.7 Å². The van der Waals surface area contributed by atoms with E-state index >= 15 is 0 Å². The van der Waals surface area contributed by atoms with Crippen LogP contribution < -0.4 is 25.6 Å². The van der Waals surface area contributed by atoms with Crippen molar-refractivity contribution in [1.82, 2.24) is 5.32 Å². The predicted octanol–water partition coefficient (Wildman–Crippen LogP) is 5.17. The van der Waals surface area contributed by atoms with E-state index in [1.54, 1.807) is 7.11 Å². The molecule has 1 fully saturated rings. The van der Waals surface area contributed by atoms with E-state index < -0.39 is 8.32 Å². The molecule has 5 heteroatoms. The van der Waals surface area contributed by atoms with Crippen LogP contribution in [-0.2, 0) is 9.22 Å². The molecule has 1 saturated carbocycles. The molecule has 5 rings (SSSR count). The van der Waals surface area contributed by atoms with Gasteiger partial charge in [0.05, 0.1) is 7.11 Å². The quantitative estimate of drug-likeness (QED) is 0.140. The molecule has 1 N–H and O–H groups in total. The molecule has 1 aliphatic carbocycles. The average Bonchev–Trinajstić information content (AvgIpc) is 3.01. The third-order valence-corrected chi connectivity index (χ3v) is 11.3. The number of rotatable bonds is 9. The van der Waals surface area contributed by atoms with E-state index in [9.17, 15) is 4.79 Å². The van der Waals surface area contributed by atoms with Crippen LogP contribution in [0.3, 0.4) is 0 Å². The minimum atomic E-state index is -3.14. The highest BCUT2D eigenvalue weighted by molar-refractivity contribution is 7.07. The van der Waals surface area contributed by atoms with Crippen molar-refractivity contribution in [3.8, 4) is 5.75 Å². The summed E-state index contributed by atoms with van der Waals surface area (Å²) in [6.07, 6.45) is 7.37. The zero-order valence-corrected chi connectivity index (χ0v) is 23.4. The number of hydrogen-bond acceptors (Lipinski definition) is 3. The van der Waals surface area contributed by atoms with Crippen molar-refractivity contribution in [1.29, 1.82) is 0 Å². The Hall–Kier alpha value is -4.09. The van der Waals surface area contributed by atoms with Gasteiger partial charge in [0.2, 0.25) is 0 Å². The maximum absolute atomic E-state index is 14.0. The highest BCUT2D eigenvalue weighted by Crippen LogP contribution is 2.22. The third kappa shape index (κ3) is 6.15. The van der Waals surface area contributed by atoms with Crippen molar-refractivity contribution in [3.63, 3.8) is 0 Å². The van der Waals surface area contributed by atoms with Gasteiger partial charge in [-0.05, 0) is 52.2 Å². The van der Waals surface area contributed by atoms with Crippen molar-refractivity contribution < 1.29 is 14.0 Å². The lowest BCUT2D eigenvalue weighted by Gasteiger charge is -2.34. The minimum absolute atomic E-state index is 0.162. The molecule has 0 aliphatic heterocycles. The molecule has 4 aromatic rings. The number of hydrogen-bond donors (Lipinski definition) is 1. The number of methoxy groups -OCH3 is 1. The molecule has 0 heterocycles. The molecule has 4 nitrogen and oxygen atoms in total. The monoisotopic (exact) mass is 533 g/mol. The molecule has 1 aliphatic rings. The SMILES string of the molecule is COc1ccc(/C=C(\O[Si](c2ccccc2)(c2ccccc2)c2ccccc2)C(=O)NC2CCCCC2)cc1. The van der Waals surface area contributed by atoms with Crippen LogP contribution in [0.15, 0.2) is 121 Å². The third-order valence-electron chi connectivity index (χ3n) is 7.38. The fourth-order valence-electron chi connectivity index (χ4n) is 5.36. The highest BCUT2D eigenvalue weighted by Gasteiger charge is 2.45. The number of carbonyl (C=O) groups is 1. The Labute approximate surface area is 232 Å². The Bertz CT molecular complexity index is 1270. The van der Waals surface area contributed by atoms with Crippen molar-refractivity contribution in [2.75, 3.05) is 7.11 Å². The van der Waals surface area contributed by atoms with E-state index in [4.69, 9.17) is 9.16 Å². The topological polar surface area (TPSA) is 47.6 Å². The first-order valence-corrected chi connectivity index (χ1v) is 15.6. The average molecular weight is 534 g/mol. The lowest BCUT2D eigenvalue weighted by molar-refractivity contribution is -0.120. The van der Waals surface area contributed by atoms with E-state index in [1.807, 2.05) is 84.9 Å². The van der Waals surface area contributed by atoms with E-state index in [-0.39, 0.29) is 11.9 Å². The molecule has 1 amide bonds. The molecule has 0 atom stereocenters. The minimum Gasteiger partial charge on any atom is -0.527 e. The molecular weight excluding hydrogens is 498 g/mol. The smallest absolute Gasteiger partial charge is 0.347 e. The number of nitrogens with one attached hydrogen (secondary N) is 1. The van der Waals surface area contributed by atoms with Gasteiger partial charge in [0.25, 0.3) is 5.91 Å². The molecular formula is C34H35NO3Si. The molecule has 0 radical (unpaired) electrons. The molecule has 0 bridgehead atoms. The van der Waals surface area contributed by atoms with Crippen LogP contribution in [0.2, 0.25) is 0 Å². The van der Waals surface area contributed by atoms with Gasteiger partial charge in [0.1, 0.15) is 5.75 Å². The van der Waals surface area contributed by atoms with E-state index in [2.05, 4.69) is 41.7 Å². The maximum Gasteiger partial charge on any atom is 0.347 e. The van der Waals surface area contributed by atoms with E-state index in [1.165, 1.54) is 6.42 Å². The Morgan fingerprint density at radius 2 is 1.21 bits per heavy atom. The Morgan fingerprint density at radius 3 is 1.67 bits per heavy atom. The molecule has 0 saturated heterocycles. The summed E-state index contributed by atoms with van der Waals surface area (Å²) in [4.78, 5) is 14.0. The standard InChI is InChI=1S/C34H35NO3Si/c1-37-29-24-22-27(23-25-29)26-33(34(36)35-28-14-6-2-7-15-28)38-39(30-16-8-3-9-17-30,31-18-10-4-11-19-31)32-20-12-5-13-21-32/h3-5,8-13,16-26,28H,2,6-7,14-15H2,1H3,(H,35,36)/b33-26-. The maximum atomic E-state index is 14.0. The van der Waals surface area contributed by atoms with Crippen molar-refractivity contribution in [2.45, 2.75) is 38.1 Å². The van der Waals surface area contributed by atoms with Crippen LogP contribution in [0.5, 0.6) is 5.75 Å². The van der Waals surface area contributed by atoms with Gasteiger partial charge in [-0.25, -0.2) is 0 Å². The summed E-state index contributed by atoms with van der Waals surface area (Å²) in [6.45, 7) is 0. The van der Waals surface area contributed by atoms with Gasteiger partial charge in [-0.15, -0.1) is 0 Å². The van der Waals surface area contributed by atoms with Gasteiger partial charge in [0, 0.05) is 6.04 Å². The van der Waals surface area contributed by atoms with Gasteiger partial charge < -0.3 is 14.5 Å². The lowest BCUT2D eigenvalue weighted by atomic mass is 9.95. The highest BCUT2D eigenvalue weighted by atomic mass is 28.4. The second kappa shape index (κ2) is 12.6. The number of carbonyl (C=O) groups excluding carboxylic acids is 1. The lowest BCUT2D eigenvalue weighted by Crippen LogP contribution is -2.69. The van der Waals surface area contributed by atoms with Crippen LogP contribution in [0.25, 0.3) is 6.08 Å². The normalized spacial score (nSPS) is 14.4. The van der Waals surface area contributed by atoms with Crippen molar-refractivity contribution in [2.24, 2.45) is 0 Å². The molecule has 39 heavy (non-hydrogen) atoms. The Balaban J connectivity index is 1.66. The summed E-state index contributed by atoms with van der Waals surface area (Å²) >= 11 is 0. The fourth-order valence-corrected chi connectivity index (χ4v) is 9.18. The largest absolute Gasteiger partial charge is 0.527 e. The predicted molar refractivity (Wildman–Crippen MR) is 161 cm³/mol. The first kappa shape index (κ1) is 26.5. The zero-order chi connectivity index (χ0) is 26.9. The van der Waals surface area contributed by atoms with Crippen LogP contribution >= 0.6 is 0 Å². The Kier molecular flexibility index (Phi) is 8.59. The van der Waals surface area contributed by atoms with Gasteiger partial charge in [-0.1, -0.05) is 122 Å². The van der Waals surface area contributed by atoms with E-state index in [0.29, 0.717) is 5.76 Å². The molecule has 0 spiro atoms. The zero-order valence-electron chi connectivity index (χ0n) is 22.4. The van der Waals surface area contributed by atoms with E-state index in [0.717, 1.165) is 52.6 Å². The summed E-state index contributed by atoms with van der Waals surface area (Å²) in [7, 11) is -1.49. The second-order valence-electron chi connectivity index (χ2n) is 9.97. The molecule has 198 valence electrons. The number of amides is 1. The molecule has 0 aromatic heterocycles. The summed E-state index contributed by atoms with van der Waals surface area (Å²) < 4.78 is 12.6. The summed E-state index contributed by atoms with van der Waals surface area (Å²) in [5, 5.41) is 6.54. The first-order chi connectivity index (χ1) is 19.2. The van der Waals surface area contributed by atoms with Crippen molar-refractivity contribution in [3.05, 3.63) is 127 Å². The summed E-state index contributed by atoms with van der Waals surface area (Å²) in [6, 6.07) is 38.9. The number of ether oxygens (including phenoxy) is 1. The number of benzene rings is 4. The van der Waals surface area contributed by atoms with Gasteiger partial charge in [-0.2, -0.15) is 0 Å². The van der Waals surface area contributed by atoms with Gasteiger partial charge in [-0.3, -0.25) is 4.79 Å². The van der Waals surface area contributed by atoms with Crippen LogP contribution in [0.4, 0.5) is 0 Å². The Morgan fingerprint density at radius 1 is 0.718 bits per heavy atom. The van der Waals surface area contributed by atoms with Crippen LogP contribution in [-0.4, -0.2) is 27.4 Å². The van der Waals surface area contributed by atoms with Gasteiger partial charge in [0.15, 0.2) is 5.76 Å². The van der Waals surface area contributed by atoms with Gasteiger partial charge >= 0.3 is 8.32 Å². The van der Waals surface area contributed by atoms with Crippen LogP contribution in [0, 0.1) is 0 Å². The summed E-state index contributed by atoms with van der Waals surface area (Å²) in [5.74, 6) is 0.925. The fraction of sp³-hybridized carbons (Fsp3) is 0.206. The second-order valence-corrected chi connectivity index (χ2v) is 13.3. The molecule has 4 aromatic carbocycles. The first-order valence-electron chi connectivity index (χ1n) is 13.7.